The Morgan fingerprint density at radius 1 is 1.22 bits per heavy atom. The fraction of sp³-hybridized carbons (Fsp3) is 0.231. The summed E-state index contributed by atoms with van der Waals surface area (Å²) in [5.41, 5.74) is 10.2. The number of fused-ring (bicyclic) bond motifs is 1. The average Bonchev–Trinajstić information content (AvgIpc) is 2.82. The predicted molar refractivity (Wildman–Crippen MR) is 72.1 cm³/mol. The molecule has 3 aromatic rings. The molecule has 0 aliphatic rings. The minimum atomic E-state index is 0.630. The summed E-state index contributed by atoms with van der Waals surface area (Å²) in [6, 6.07) is 6.24. The van der Waals surface area contributed by atoms with Crippen molar-refractivity contribution in [2.24, 2.45) is 14.1 Å². The van der Waals surface area contributed by atoms with Crippen LogP contribution in [0.5, 0.6) is 0 Å². The maximum Gasteiger partial charge on any atom is 0.146 e. The third kappa shape index (κ3) is 1.40. The number of hydrogen-bond acceptors (Lipinski definition) is 3. The minimum absolute atomic E-state index is 0.630. The molecule has 3 rings (SSSR count). The zero-order valence-electron chi connectivity index (χ0n) is 10.7. The number of benzene rings is 1. The number of nitrogens with two attached hydrogens (primary N) is 1. The minimum Gasteiger partial charge on any atom is -0.383 e. The predicted octanol–water partition coefficient (Wildman–Crippen LogP) is 1.86. The maximum atomic E-state index is 6.00. The van der Waals surface area contributed by atoms with Crippen molar-refractivity contribution in [2.45, 2.75) is 6.92 Å². The van der Waals surface area contributed by atoms with Crippen LogP contribution in [0.2, 0.25) is 0 Å². The van der Waals surface area contributed by atoms with Crippen LogP contribution in [0.1, 0.15) is 5.56 Å². The smallest absolute Gasteiger partial charge is 0.146 e. The van der Waals surface area contributed by atoms with Crippen molar-refractivity contribution in [3.05, 3.63) is 30.0 Å². The molecule has 0 unspecified atom stereocenters. The number of imidazole rings is 1. The van der Waals surface area contributed by atoms with Crippen LogP contribution >= 0.6 is 0 Å². The second-order valence-corrected chi connectivity index (χ2v) is 4.55. The molecule has 0 saturated carbocycles. The first kappa shape index (κ1) is 10.8. The lowest BCUT2D eigenvalue weighted by Gasteiger charge is -2.01. The van der Waals surface area contributed by atoms with E-state index in [1.54, 1.807) is 10.9 Å². The lowest BCUT2D eigenvalue weighted by atomic mass is 10.2. The number of hydrogen-bond donors (Lipinski definition) is 1. The topological polar surface area (TPSA) is 61.7 Å². The summed E-state index contributed by atoms with van der Waals surface area (Å²) >= 11 is 0. The van der Waals surface area contributed by atoms with Crippen molar-refractivity contribution >= 4 is 16.9 Å². The third-order valence-corrected chi connectivity index (χ3v) is 3.26. The van der Waals surface area contributed by atoms with E-state index < -0.39 is 0 Å². The van der Waals surface area contributed by atoms with Crippen LogP contribution in [0.25, 0.3) is 22.4 Å². The molecule has 0 aliphatic carbocycles. The highest BCUT2D eigenvalue weighted by Gasteiger charge is 2.14. The molecule has 18 heavy (non-hydrogen) atoms. The second kappa shape index (κ2) is 3.60. The lowest BCUT2D eigenvalue weighted by Crippen LogP contribution is -2.00. The van der Waals surface area contributed by atoms with Crippen molar-refractivity contribution in [1.82, 2.24) is 19.3 Å². The molecule has 0 saturated heterocycles. The van der Waals surface area contributed by atoms with Crippen molar-refractivity contribution in [3.63, 3.8) is 0 Å². The molecule has 0 radical (unpaired) electrons. The highest BCUT2D eigenvalue weighted by Crippen LogP contribution is 2.27. The molecule has 2 heterocycles. The van der Waals surface area contributed by atoms with Crippen LogP contribution in [0.4, 0.5) is 5.82 Å². The summed E-state index contributed by atoms with van der Waals surface area (Å²) in [5, 5.41) is 4.16. The van der Waals surface area contributed by atoms with Gasteiger partial charge in [-0.15, -0.1) is 0 Å². The largest absolute Gasteiger partial charge is 0.383 e. The zero-order chi connectivity index (χ0) is 12.9. The Balaban J connectivity index is 2.30. The lowest BCUT2D eigenvalue weighted by molar-refractivity contribution is 0.779. The first-order valence-corrected chi connectivity index (χ1v) is 5.79. The van der Waals surface area contributed by atoms with E-state index in [9.17, 15) is 0 Å². The zero-order valence-corrected chi connectivity index (χ0v) is 10.7. The van der Waals surface area contributed by atoms with Crippen molar-refractivity contribution in [1.29, 1.82) is 0 Å². The van der Waals surface area contributed by atoms with Gasteiger partial charge in [0.15, 0.2) is 0 Å². The average molecular weight is 241 g/mol. The van der Waals surface area contributed by atoms with Crippen LogP contribution in [-0.2, 0) is 14.1 Å². The summed E-state index contributed by atoms with van der Waals surface area (Å²) in [6.45, 7) is 2.06. The quantitative estimate of drug-likeness (QED) is 0.707. The van der Waals surface area contributed by atoms with Crippen LogP contribution < -0.4 is 5.73 Å². The van der Waals surface area contributed by atoms with Gasteiger partial charge in [0.1, 0.15) is 11.6 Å². The van der Waals surface area contributed by atoms with Gasteiger partial charge in [-0.2, -0.15) is 5.10 Å². The van der Waals surface area contributed by atoms with E-state index in [1.165, 1.54) is 5.56 Å². The van der Waals surface area contributed by atoms with E-state index in [-0.39, 0.29) is 0 Å². The molecule has 0 fully saturated rings. The van der Waals surface area contributed by atoms with Crippen LogP contribution in [0, 0.1) is 6.92 Å². The highest BCUT2D eigenvalue weighted by molar-refractivity contribution is 5.83. The first-order valence-electron chi connectivity index (χ1n) is 5.79. The van der Waals surface area contributed by atoms with E-state index in [1.807, 2.05) is 18.7 Å². The SMILES string of the molecule is Cc1ccc2c(c1)nc(-c1cnn(C)c1N)n2C. The summed E-state index contributed by atoms with van der Waals surface area (Å²) in [6.07, 6.45) is 1.75. The summed E-state index contributed by atoms with van der Waals surface area (Å²) < 4.78 is 3.70. The van der Waals surface area contributed by atoms with Gasteiger partial charge in [0.05, 0.1) is 22.8 Å². The van der Waals surface area contributed by atoms with Gasteiger partial charge in [-0.3, -0.25) is 4.68 Å². The molecule has 2 aromatic heterocycles. The van der Waals surface area contributed by atoms with Gasteiger partial charge in [-0.05, 0) is 24.6 Å². The maximum absolute atomic E-state index is 6.00. The Hall–Kier alpha value is -2.30. The Bertz CT molecular complexity index is 735. The Morgan fingerprint density at radius 3 is 2.67 bits per heavy atom. The van der Waals surface area contributed by atoms with E-state index in [4.69, 9.17) is 5.73 Å². The molecule has 5 heteroatoms. The van der Waals surface area contributed by atoms with Crippen molar-refractivity contribution in [2.75, 3.05) is 5.73 Å². The molecule has 2 N–H and O–H groups in total. The number of nitrogen functional groups attached to an aromatic ring is 1. The van der Waals surface area contributed by atoms with Crippen LogP contribution in [0.15, 0.2) is 24.4 Å². The fourth-order valence-corrected chi connectivity index (χ4v) is 2.17. The van der Waals surface area contributed by atoms with Gasteiger partial charge in [0.2, 0.25) is 0 Å². The Kier molecular flexibility index (Phi) is 2.16. The first-order chi connectivity index (χ1) is 8.58. The van der Waals surface area contributed by atoms with E-state index in [0.717, 1.165) is 22.4 Å². The van der Waals surface area contributed by atoms with Crippen molar-refractivity contribution in [3.8, 4) is 11.4 Å². The van der Waals surface area contributed by atoms with Gasteiger partial charge in [-0.1, -0.05) is 6.07 Å². The highest BCUT2D eigenvalue weighted by atomic mass is 15.3. The molecular weight excluding hydrogens is 226 g/mol. The van der Waals surface area contributed by atoms with Crippen molar-refractivity contribution < 1.29 is 0 Å². The van der Waals surface area contributed by atoms with Gasteiger partial charge in [-0.25, -0.2) is 4.98 Å². The number of nitrogens with zero attached hydrogens (tertiary/aromatic N) is 4. The molecule has 0 bridgehead atoms. The molecule has 0 atom stereocenters. The molecule has 92 valence electrons. The van der Waals surface area contributed by atoms with Gasteiger partial charge in [0, 0.05) is 14.1 Å². The summed E-state index contributed by atoms with van der Waals surface area (Å²) in [5.74, 6) is 1.48. The molecule has 0 spiro atoms. The molecular formula is C13H15N5. The molecule has 0 amide bonds. The van der Waals surface area contributed by atoms with Gasteiger partial charge < -0.3 is 10.3 Å². The Labute approximate surface area is 105 Å². The standard InChI is InChI=1S/C13H15N5/c1-8-4-5-11-10(6-8)16-13(17(11)2)9-7-15-18(3)12(9)14/h4-7H,14H2,1-3H3. The van der Waals surface area contributed by atoms with E-state index >= 15 is 0 Å². The number of aromatic nitrogens is 4. The fourth-order valence-electron chi connectivity index (χ4n) is 2.17. The second-order valence-electron chi connectivity index (χ2n) is 4.55. The monoisotopic (exact) mass is 241 g/mol. The molecule has 1 aromatic carbocycles. The number of anilines is 1. The molecule has 0 aliphatic heterocycles. The Morgan fingerprint density at radius 2 is 2.00 bits per heavy atom. The number of aryl methyl sites for hydroxylation is 3. The van der Waals surface area contributed by atoms with Crippen LogP contribution in [0.3, 0.4) is 0 Å². The normalized spacial score (nSPS) is 11.3. The summed E-state index contributed by atoms with van der Waals surface area (Å²) in [4.78, 5) is 4.65. The van der Waals surface area contributed by atoms with E-state index in [2.05, 4.69) is 35.2 Å². The van der Waals surface area contributed by atoms with E-state index in [0.29, 0.717) is 5.82 Å². The van der Waals surface area contributed by atoms with Gasteiger partial charge in [0.25, 0.3) is 0 Å². The van der Waals surface area contributed by atoms with Crippen LogP contribution in [-0.4, -0.2) is 19.3 Å². The van der Waals surface area contributed by atoms with Gasteiger partial charge >= 0.3 is 0 Å². The molecule has 5 nitrogen and oxygen atoms in total. The summed E-state index contributed by atoms with van der Waals surface area (Å²) in [7, 11) is 3.82. The number of rotatable bonds is 1. The third-order valence-electron chi connectivity index (χ3n) is 3.26.